The van der Waals surface area contributed by atoms with Crippen LogP contribution in [-0.2, 0) is 14.3 Å². The van der Waals surface area contributed by atoms with E-state index >= 15 is 4.39 Å². The van der Waals surface area contributed by atoms with Crippen LogP contribution in [0, 0.1) is 46.2 Å². The largest absolute Gasteiger partial charge is 0.345 e. The van der Waals surface area contributed by atoms with E-state index in [2.05, 4.69) is 26.1 Å². The lowest BCUT2D eigenvalue weighted by atomic mass is 9.47. The molecular weight excluding hydrogens is 496 g/mol. The first-order valence-corrected chi connectivity index (χ1v) is 15.2. The van der Waals surface area contributed by atoms with Crippen molar-refractivity contribution in [3.63, 3.8) is 0 Å². The molecule has 4 aliphatic carbocycles. The van der Waals surface area contributed by atoms with Gasteiger partial charge in [0, 0.05) is 12.8 Å². The molecule has 1 aliphatic heterocycles. The number of amides is 1. The van der Waals surface area contributed by atoms with Gasteiger partial charge in [0.05, 0.1) is 17.9 Å². The SMILES string of the molecule is C[C@H](CCC(=O)Nc1ccccc1F)[C@H]1CC[C@H]2C3=C(F)C[C@H]4[C@H]5OC(C)(C)O[C@H]5CC[C@]4(C)[C@H]3CC[C@]12C. The maximum Gasteiger partial charge on any atom is 0.224 e. The second kappa shape index (κ2) is 9.65. The second-order valence-electron chi connectivity index (χ2n) is 14.2. The van der Waals surface area contributed by atoms with E-state index in [1.54, 1.807) is 18.2 Å². The van der Waals surface area contributed by atoms with Crippen LogP contribution in [0.5, 0.6) is 0 Å². The number of halogens is 2. The lowest BCUT2D eigenvalue weighted by Gasteiger charge is -2.58. The third-order valence-corrected chi connectivity index (χ3v) is 11.7. The van der Waals surface area contributed by atoms with Gasteiger partial charge < -0.3 is 14.8 Å². The number of fused-ring (bicyclic) bond motifs is 7. The Morgan fingerprint density at radius 1 is 1.00 bits per heavy atom. The first-order valence-electron chi connectivity index (χ1n) is 15.2. The van der Waals surface area contributed by atoms with E-state index in [4.69, 9.17) is 9.47 Å². The number of anilines is 1. The summed E-state index contributed by atoms with van der Waals surface area (Å²) in [5.74, 6) is 0.514. The molecule has 4 fully saturated rings. The van der Waals surface area contributed by atoms with Crippen molar-refractivity contribution < 1.29 is 23.0 Å². The number of rotatable bonds is 5. The average Bonchev–Trinajstić information content (AvgIpc) is 3.40. The first-order chi connectivity index (χ1) is 18.4. The summed E-state index contributed by atoms with van der Waals surface area (Å²) < 4.78 is 42.8. The van der Waals surface area contributed by atoms with E-state index in [0.717, 1.165) is 50.5 Å². The number of benzene rings is 1. The lowest BCUT2D eigenvalue weighted by molar-refractivity contribution is -0.154. The molecule has 6 rings (SSSR count). The van der Waals surface area contributed by atoms with Crippen molar-refractivity contribution in [2.45, 2.75) is 110 Å². The van der Waals surface area contributed by atoms with Crippen molar-refractivity contribution in [3.05, 3.63) is 41.5 Å². The van der Waals surface area contributed by atoms with Gasteiger partial charge in [-0.3, -0.25) is 4.79 Å². The quantitative estimate of drug-likeness (QED) is 0.409. The molecule has 1 aromatic rings. The van der Waals surface area contributed by atoms with Crippen LogP contribution >= 0.6 is 0 Å². The number of hydrogen-bond donors (Lipinski definition) is 1. The zero-order valence-electron chi connectivity index (χ0n) is 24.2. The fourth-order valence-corrected chi connectivity index (χ4v) is 9.86. The van der Waals surface area contributed by atoms with E-state index in [0.29, 0.717) is 24.7 Å². The van der Waals surface area contributed by atoms with Crippen LogP contribution in [0.3, 0.4) is 0 Å². The standard InChI is InChI=1S/C33H45F2NO3/c1-19(10-13-28(37)36-26-9-7-6-8-24(26)34)20-11-12-21-29-22(14-16-32(20,21)4)33(5)17-15-27-30(23(33)18-25(29)35)39-31(2,3)38-27/h6-9,19-23,27,30H,10-18H2,1-5H3,(H,36,37)/t19-,20-,21+,22+,23+,27+,30-,32-,33-/m1/s1. The lowest BCUT2D eigenvalue weighted by Crippen LogP contribution is -2.55. The second-order valence-corrected chi connectivity index (χ2v) is 14.2. The van der Waals surface area contributed by atoms with E-state index in [9.17, 15) is 9.18 Å². The van der Waals surface area contributed by atoms with Crippen molar-refractivity contribution in [1.29, 1.82) is 0 Å². The minimum Gasteiger partial charge on any atom is -0.345 e. The summed E-state index contributed by atoms with van der Waals surface area (Å²) in [4.78, 5) is 12.6. The van der Waals surface area contributed by atoms with Crippen LogP contribution in [0.25, 0.3) is 0 Å². The van der Waals surface area contributed by atoms with Crippen LogP contribution in [0.15, 0.2) is 35.7 Å². The van der Waals surface area contributed by atoms with Crippen LogP contribution in [0.1, 0.15) is 92.4 Å². The van der Waals surface area contributed by atoms with Gasteiger partial charge in [0.15, 0.2) is 5.79 Å². The van der Waals surface area contributed by atoms with Crippen molar-refractivity contribution in [2.24, 2.45) is 40.4 Å². The van der Waals surface area contributed by atoms with Gasteiger partial charge in [-0.05, 0) is 117 Å². The molecule has 0 bridgehead atoms. The van der Waals surface area contributed by atoms with Gasteiger partial charge in [-0.1, -0.05) is 32.9 Å². The van der Waals surface area contributed by atoms with Crippen LogP contribution in [0.2, 0.25) is 0 Å². The summed E-state index contributed by atoms with van der Waals surface area (Å²) >= 11 is 0. The minimum absolute atomic E-state index is 0.0220. The number of carbonyl (C=O) groups is 1. The molecule has 1 aromatic carbocycles. The Hall–Kier alpha value is -1.79. The Morgan fingerprint density at radius 2 is 1.72 bits per heavy atom. The van der Waals surface area contributed by atoms with Crippen molar-refractivity contribution in [2.75, 3.05) is 5.32 Å². The summed E-state index contributed by atoms with van der Waals surface area (Å²) in [7, 11) is 0. The summed E-state index contributed by atoms with van der Waals surface area (Å²) in [5.41, 5.74) is 1.47. The van der Waals surface area contributed by atoms with E-state index in [-0.39, 0.29) is 58.2 Å². The molecular formula is C33H45F2NO3. The number of para-hydroxylation sites is 1. The summed E-state index contributed by atoms with van der Waals surface area (Å²) in [6, 6.07) is 6.29. The smallest absolute Gasteiger partial charge is 0.224 e. The Labute approximate surface area is 232 Å². The third-order valence-electron chi connectivity index (χ3n) is 11.7. The van der Waals surface area contributed by atoms with E-state index < -0.39 is 11.6 Å². The minimum atomic E-state index is -0.590. The molecule has 214 valence electrons. The van der Waals surface area contributed by atoms with Gasteiger partial charge in [-0.15, -0.1) is 0 Å². The predicted molar refractivity (Wildman–Crippen MR) is 148 cm³/mol. The molecule has 39 heavy (non-hydrogen) atoms. The summed E-state index contributed by atoms with van der Waals surface area (Å²) in [5, 5.41) is 2.73. The fraction of sp³-hybridized carbons (Fsp3) is 0.727. The molecule has 9 atom stereocenters. The molecule has 6 heteroatoms. The zero-order valence-corrected chi connectivity index (χ0v) is 24.2. The molecule has 1 amide bonds. The maximum atomic E-state index is 16.2. The Morgan fingerprint density at radius 3 is 2.49 bits per heavy atom. The maximum absolute atomic E-state index is 16.2. The molecule has 5 aliphatic rings. The zero-order chi connectivity index (χ0) is 27.7. The highest BCUT2D eigenvalue weighted by molar-refractivity contribution is 5.90. The van der Waals surface area contributed by atoms with Gasteiger partial charge in [0.25, 0.3) is 0 Å². The van der Waals surface area contributed by atoms with Crippen molar-refractivity contribution >= 4 is 11.6 Å². The normalized spacial score (nSPS) is 41.3. The number of allylic oxidation sites excluding steroid dienone is 2. The number of ether oxygens (including phenoxy) is 2. The fourth-order valence-electron chi connectivity index (χ4n) is 9.86. The molecule has 1 N–H and O–H groups in total. The Balaban J connectivity index is 1.16. The van der Waals surface area contributed by atoms with Gasteiger partial charge in [-0.2, -0.15) is 0 Å². The highest BCUT2D eigenvalue weighted by Crippen LogP contribution is 2.69. The first kappa shape index (κ1) is 27.4. The van der Waals surface area contributed by atoms with Gasteiger partial charge in [0.2, 0.25) is 5.91 Å². The van der Waals surface area contributed by atoms with Crippen LogP contribution in [-0.4, -0.2) is 23.9 Å². The molecule has 0 radical (unpaired) electrons. The Bertz CT molecular complexity index is 1170. The third kappa shape index (κ3) is 4.48. The van der Waals surface area contributed by atoms with Crippen molar-refractivity contribution in [1.82, 2.24) is 0 Å². The molecule has 1 saturated heterocycles. The number of carbonyl (C=O) groups excluding carboxylic acids is 1. The van der Waals surface area contributed by atoms with Crippen LogP contribution < -0.4 is 5.32 Å². The highest BCUT2D eigenvalue weighted by atomic mass is 19.1. The molecule has 4 nitrogen and oxygen atoms in total. The van der Waals surface area contributed by atoms with Crippen LogP contribution in [0.4, 0.5) is 14.5 Å². The molecule has 1 heterocycles. The number of nitrogens with one attached hydrogen (secondary N) is 1. The molecule has 0 unspecified atom stereocenters. The van der Waals surface area contributed by atoms with E-state index in [1.807, 2.05) is 13.8 Å². The summed E-state index contributed by atoms with van der Waals surface area (Å²) in [6.45, 7) is 11.0. The highest BCUT2D eigenvalue weighted by Gasteiger charge is 2.63. The van der Waals surface area contributed by atoms with Gasteiger partial charge in [-0.25, -0.2) is 8.78 Å². The predicted octanol–water partition coefficient (Wildman–Crippen LogP) is 8.19. The topological polar surface area (TPSA) is 47.6 Å². The number of hydrogen-bond acceptors (Lipinski definition) is 3. The van der Waals surface area contributed by atoms with Crippen molar-refractivity contribution in [3.8, 4) is 0 Å². The molecule has 0 aromatic heterocycles. The van der Waals surface area contributed by atoms with Gasteiger partial charge in [0.1, 0.15) is 11.6 Å². The van der Waals surface area contributed by atoms with E-state index in [1.165, 1.54) is 6.07 Å². The van der Waals surface area contributed by atoms with Gasteiger partial charge >= 0.3 is 0 Å². The molecule has 0 spiro atoms. The summed E-state index contributed by atoms with van der Waals surface area (Å²) in [6.07, 6.45) is 7.97. The Kier molecular flexibility index (Phi) is 6.77. The average molecular weight is 542 g/mol. The molecule has 3 saturated carbocycles. The monoisotopic (exact) mass is 541 g/mol.